The summed E-state index contributed by atoms with van der Waals surface area (Å²) in [6, 6.07) is 5.43. The number of pyridine rings is 1. The molecule has 0 amide bonds. The van der Waals surface area contributed by atoms with Crippen LogP contribution in [-0.4, -0.2) is 40.1 Å². The quantitative estimate of drug-likeness (QED) is 0.807. The molecule has 0 aromatic carbocycles. The monoisotopic (exact) mass is 266 g/mol. The van der Waals surface area contributed by atoms with Gasteiger partial charge in [-0.3, -0.25) is 4.40 Å². The minimum atomic E-state index is -3.19. The van der Waals surface area contributed by atoms with E-state index in [0.29, 0.717) is 12.4 Å². The molecule has 1 fully saturated rings. The number of aromatic nitrogens is 3. The van der Waals surface area contributed by atoms with E-state index < -0.39 is 10.0 Å². The van der Waals surface area contributed by atoms with Crippen LogP contribution in [0.3, 0.4) is 0 Å². The van der Waals surface area contributed by atoms with Crippen LogP contribution >= 0.6 is 0 Å². The predicted molar refractivity (Wildman–Crippen MR) is 66.5 cm³/mol. The van der Waals surface area contributed by atoms with Crippen molar-refractivity contribution in [2.24, 2.45) is 0 Å². The first-order valence-electron chi connectivity index (χ1n) is 5.84. The van der Waals surface area contributed by atoms with Gasteiger partial charge in [-0.25, -0.2) is 8.42 Å². The molecule has 3 rings (SSSR count). The average Bonchev–Trinajstić information content (AvgIpc) is 2.93. The standard InChI is InChI=1S/C11H14N4O2S/c1-18(16,17)15-8-4-5-9(15)11-13-12-10-6-2-3-7-14(10)11/h2-3,6-7,9H,4-5,8H2,1H3/t9-/m1/s1. The minimum absolute atomic E-state index is 0.197. The molecule has 96 valence electrons. The van der Waals surface area contributed by atoms with Crippen molar-refractivity contribution in [1.82, 2.24) is 18.9 Å². The van der Waals surface area contributed by atoms with Crippen LogP contribution in [-0.2, 0) is 10.0 Å². The predicted octanol–water partition coefficient (Wildman–Crippen LogP) is 0.826. The van der Waals surface area contributed by atoms with Gasteiger partial charge in [0.25, 0.3) is 0 Å². The second-order valence-electron chi connectivity index (χ2n) is 4.52. The third kappa shape index (κ3) is 1.79. The zero-order valence-corrected chi connectivity index (χ0v) is 10.8. The summed E-state index contributed by atoms with van der Waals surface area (Å²) in [5.74, 6) is 0.702. The fourth-order valence-corrected chi connectivity index (χ4v) is 3.60. The highest BCUT2D eigenvalue weighted by Crippen LogP contribution is 2.32. The zero-order chi connectivity index (χ0) is 12.8. The molecule has 0 aliphatic carbocycles. The van der Waals surface area contributed by atoms with Crippen LogP contribution in [0.1, 0.15) is 24.7 Å². The van der Waals surface area contributed by atoms with E-state index in [1.807, 2.05) is 28.8 Å². The number of fused-ring (bicyclic) bond motifs is 1. The summed E-state index contributed by atoms with van der Waals surface area (Å²) in [6.07, 6.45) is 4.76. The Labute approximate surface area is 105 Å². The smallest absolute Gasteiger partial charge is 0.211 e. The third-order valence-corrected chi connectivity index (χ3v) is 4.56. The Kier molecular flexibility index (Phi) is 2.60. The van der Waals surface area contributed by atoms with E-state index in [4.69, 9.17) is 0 Å². The van der Waals surface area contributed by atoms with Crippen molar-refractivity contribution in [3.8, 4) is 0 Å². The fraction of sp³-hybridized carbons (Fsp3) is 0.455. The summed E-state index contributed by atoms with van der Waals surface area (Å²) in [6.45, 7) is 0.561. The summed E-state index contributed by atoms with van der Waals surface area (Å²) >= 11 is 0. The molecular weight excluding hydrogens is 252 g/mol. The van der Waals surface area contributed by atoms with Gasteiger partial charge in [0.15, 0.2) is 11.5 Å². The van der Waals surface area contributed by atoms with E-state index in [-0.39, 0.29) is 6.04 Å². The van der Waals surface area contributed by atoms with Crippen molar-refractivity contribution in [3.63, 3.8) is 0 Å². The van der Waals surface area contributed by atoms with Crippen molar-refractivity contribution in [1.29, 1.82) is 0 Å². The lowest BCUT2D eigenvalue weighted by Gasteiger charge is -2.20. The first-order valence-corrected chi connectivity index (χ1v) is 7.69. The maximum atomic E-state index is 11.7. The Morgan fingerprint density at radius 2 is 2.17 bits per heavy atom. The van der Waals surface area contributed by atoms with Gasteiger partial charge in [-0.2, -0.15) is 4.31 Å². The van der Waals surface area contributed by atoms with Crippen molar-refractivity contribution < 1.29 is 8.42 Å². The second kappa shape index (κ2) is 4.03. The van der Waals surface area contributed by atoms with Crippen LogP contribution in [0, 0.1) is 0 Å². The highest BCUT2D eigenvalue weighted by atomic mass is 32.2. The third-order valence-electron chi connectivity index (χ3n) is 3.27. The molecule has 0 bridgehead atoms. The summed E-state index contributed by atoms with van der Waals surface area (Å²) in [4.78, 5) is 0. The number of sulfonamides is 1. The van der Waals surface area contributed by atoms with E-state index in [1.165, 1.54) is 10.6 Å². The lowest BCUT2D eigenvalue weighted by Crippen LogP contribution is -2.30. The maximum Gasteiger partial charge on any atom is 0.211 e. The van der Waals surface area contributed by atoms with Crippen LogP contribution in [0.25, 0.3) is 5.65 Å². The van der Waals surface area contributed by atoms with Crippen molar-refractivity contribution >= 4 is 15.7 Å². The zero-order valence-electron chi connectivity index (χ0n) is 10.0. The Hall–Kier alpha value is -1.47. The van der Waals surface area contributed by atoms with Crippen LogP contribution in [0.4, 0.5) is 0 Å². The Morgan fingerprint density at radius 1 is 1.33 bits per heavy atom. The molecule has 1 aliphatic rings. The van der Waals surface area contributed by atoms with E-state index in [9.17, 15) is 8.42 Å². The maximum absolute atomic E-state index is 11.7. The van der Waals surface area contributed by atoms with Gasteiger partial charge in [0.05, 0.1) is 12.3 Å². The Morgan fingerprint density at radius 3 is 2.94 bits per heavy atom. The summed E-state index contributed by atoms with van der Waals surface area (Å²) in [5.41, 5.74) is 0.743. The van der Waals surface area contributed by atoms with Crippen LogP contribution in [0.2, 0.25) is 0 Å². The van der Waals surface area contributed by atoms with Crippen LogP contribution in [0.15, 0.2) is 24.4 Å². The van der Waals surface area contributed by atoms with E-state index in [0.717, 1.165) is 18.5 Å². The van der Waals surface area contributed by atoms with E-state index in [2.05, 4.69) is 10.2 Å². The van der Waals surface area contributed by atoms with E-state index >= 15 is 0 Å². The molecule has 1 aliphatic heterocycles. The largest absolute Gasteiger partial charge is 0.285 e. The van der Waals surface area contributed by atoms with Crippen LogP contribution < -0.4 is 0 Å². The first-order chi connectivity index (χ1) is 8.57. The molecule has 3 heterocycles. The topological polar surface area (TPSA) is 67.6 Å². The number of hydrogen-bond donors (Lipinski definition) is 0. The van der Waals surface area contributed by atoms with Gasteiger partial charge < -0.3 is 0 Å². The molecule has 0 unspecified atom stereocenters. The van der Waals surface area contributed by atoms with Gasteiger partial charge in [0.1, 0.15) is 0 Å². The molecule has 2 aromatic rings. The second-order valence-corrected chi connectivity index (χ2v) is 6.45. The molecule has 0 N–H and O–H groups in total. The van der Waals surface area contributed by atoms with Gasteiger partial charge in [-0.1, -0.05) is 6.07 Å². The number of hydrogen-bond acceptors (Lipinski definition) is 4. The molecule has 1 saturated heterocycles. The molecule has 0 radical (unpaired) electrons. The molecule has 18 heavy (non-hydrogen) atoms. The van der Waals surface area contributed by atoms with Gasteiger partial charge in [0, 0.05) is 12.7 Å². The van der Waals surface area contributed by atoms with Gasteiger partial charge in [0.2, 0.25) is 10.0 Å². The molecule has 1 atom stereocenters. The molecule has 2 aromatic heterocycles. The summed E-state index contributed by atoms with van der Waals surface area (Å²) < 4.78 is 26.9. The lowest BCUT2D eigenvalue weighted by molar-refractivity contribution is 0.384. The lowest BCUT2D eigenvalue weighted by atomic mass is 10.2. The molecule has 0 saturated carbocycles. The summed E-state index contributed by atoms with van der Waals surface area (Å²) in [7, 11) is -3.19. The number of rotatable bonds is 2. The van der Waals surface area contributed by atoms with Gasteiger partial charge >= 0.3 is 0 Å². The molecule has 0 spiro atoms. The normalized spacial score (nSPS) is 21.7. The SMILES string of the molecule is CS(=O)(=O)N1CCC[C@@H]1c1nnc2ccccn12. The molecule has 7 heteroatoms. The highest BCUT2D eigenvalue weighted by molar-refractivity contribution is 7.88. The molecule has 6 nitrogen and oxygen atoms in total. The Balaban J connectivity index is 2.09. The average molecular weight is 266 g/mol. The van der Waals surface area contributed by atoms with Gasteiger partial charge in [-0.05, 0) is 25.0 Å². The highest BCUT2D eigenvalue weighted by Gasteiger charge is 2.35. The van der Waals surface area contributed by atoms with E-state index in [1.54, 1.807) is 0 Å². The Bertz CT molecular complexity index is 679. The minimum Gasteiger partial charge on any atom is -0.285 e. The fourth-order valence-electron chi connectivity index (χ4n) is 2.48. The van der Waals surface area contributed by atoms with Crippen molar-refractivity contribution in [2.75, 3.05) is 12.8 Å². The molecular formula is C11H14N4O2S. The van der Waals surface area contributed by atoms with Crippen molar-refractivity contribution in [3.05, 3.63) is 30.2 Å². The number of nitrogens with zero attached hydrogens (tertiary/aromatic N) is 4. The van der Waals surface area contributed by atoms with Gasteiger partial charge in [-0.15, -0.1) is 10.2 Å². The first kappa shape index (κ1) is 11.6. The summed E-state index contributed by atoms with van der Waals surface area (Å²) in [5, 5.41) is 8.22. The van der Waals surface area contributed by atoms with Crippen LogP contribution in [0.5, 0.6) is 0 Å². The van der Waals surface area contributed by atoms with Crippen molar-refractivity contribution in [2.45, 2.75) is 18.9 Å².